The zero-order chi connectivity index (χ0) is 9.68. The van der Waals surface area contributed by atoms with Crippen LogP contribution in [0.4, 0.5) is 0 Å². The van der Waals surface area contributed by atoms with E-state index < -0.39 is 0 Å². The first-order valence-electron chi connectivity index (χ1n) is 4.91. The highest BCUT2D eigenvalue weighted by atomic mass is 15.3. The van der Waals surface area contributed by atoms with E-state index in [9.17, 15) is 0 Å². The van der Waals surface area contributed by atoms with Crippen LogP contribution in [0.3, 0.4) is 0 Å². The van der Waals surface area contributed by atoms with Gasteiger partial charge in [-0.2, -0.15) is 5.10 Å². The molecule has 0 unspecified atom stereocenters. The molecule has 1 aromatic rings. The molecule has 0 aliphatic rings. The molecule has 1 rings (SSSR count). The minimum atomic E-state index is 0.582. The average Bonchev–Trinajstić information content (AvgIpc) is 2.53. The van der Waals surface area contributed by atoms with E-state index in [1.807, 2.05) is 17.9 Å². The molecule has 3 nitrogen and oxygen atoms in total. The smallest absolute Gasteiger partial charge is 0.0524 e. The summed E-state index contributed by atoms with van der Waals surface area (Å²) >= 11 is 0. The van der Waals surface area contributed by atoms with Crippen LogP contribution >= 0.6 is 0 Å². The van der Waals surface area contributed by atoms with E-state index in [-0.39, 0.29) is 0 Å². The highest BCUT2D eigenvalue weighted by molar-refractivity contribution is 5.08. The molecule has 1 heterocycles. The van der Waals surface area contributed by atoms with E-state index in [2.05, 4.69) is 30.5 Å². The van der Waals surface area contributed by atoms with Gasteiger partial charge in [0.25, 0.3) is 0 Å². The second-order valence-electron chi connectivity index (χ2n) is 3.65. The maximum atomic E-state index is 4.30. The second-order valence-corrected chi connectivity index (χ2v) is 3.65. The quantitative estimate of drug-likeness (QED) is 0.699. The third-order valence-electron chi connectivity index (χ3n) is 2.13. The highest BCUT2D eigenvalue weighted by Crippen LogP contribution is 2.12. The summed E-state index contributed by atoms with van der Waals surface area (Å²) in [7, 11) is 1.97. The van der Waals surface area contributed by atoms with E-state index in [1.165, 1.54) is 5.56 Å². The van der Waals surface area contributed by atoms with E-state index in [4.69, 9.17) is 0 Å². The Morgan fingerprint density at radius 2 is 2.31 bits per heavy atom. The van der Waals surface area contributed by atoms with Crippen molar-refractivity contribution in [2.45, 2.75) is 32.7 Å². The van der Waals surface area contributed by atoms with E-state index in [0.29, 0.717) is 5.92 Å². The Morgan fingerprint density at radius 1 is 1.54 bits per heavy atom. The van der Waals surface area contributed by atoms with Crippen LogP contribution in [-0.4, -0.2) is 23.4 Å². The van der Waals surface area contributed by atoms with Crippen LogP contribution < -0.4 is 5.32 Å². The Labute approximate surface area is 80.1 Å². The van der Waals surface area contributed by atoms with E-state index in [1.54, 1.807) is 0 Å². The molecule has 0 bridgehead atoms. The third-order valence-corrected chi connectivity index (χ3v) is 2.13. The van der Waals surface area contributed by atoms with Gasteiger partial charge >= 0.3 is 0 Å². The maximum Gasteiger partial charge on any atom is 0.0524 e. The fourth-order valence-electron chi connectivity index (χ4n) is 1.22. The molecule has 0 aliphatic heterocycles. The van der Waals surface area contributed by atoms with Crippen molar-refractivity contribution in [3.63, 3.8) is 0 Å². The fourth-order valence-corrected chi connectivity index (χ4v) is 1.22. The summed E-state index contributed by atoms with van der Waals surface area (Å²) in [5.41, 5.74) is 1.32. The predicted octanol–water partition coefficient (Wildman–Crippen LogP) is 1.62. The van der Waals surface area contributed by atoms with Crippen LogP contribution in [0.5, 0.6) is 0 Å². The molecule has 0 aliphatic carbocycles. The molecule has 3 heteroatoms. The van der Waals surface area contributed by atoms with Gasteiger partial charge < -0.3 is 5.32 Å². The lowest BCUT2D eigenvalue weighted by Crippen LogP contribution is -2.11. The summed E-state index contributed by atoms with van der Waals surface area (Å²) in [6.07, 6.45) is 5.24. The number of aryl methyl sites for hydroxylation is 1. The first-order valence-corrected chi connectivity index (χ1v) is 4.91. The molecule has 0 saturated heterocycles. The van der Waals surface area contributed by atoms with Gasteiger partial charge in [-0.1, -0.05) is 13.8 Å². The molecule has 0 radical (unpaired) electrons. The first kappa shape index (κ1) is 10.3. The fraction of sp³-hybridized carbons (Fsp3) is 0.700. The standard InChI is InChI=1S/C10H19N3/c1-9(2)10-7-12-13(8-10)6-4-5-11-3/h7-9,11H,4-6H2,1-3H3. The molecule has 1 N–H and O–H groups in total. The van der Waals surface area contributed by atoms with Crippen LogP contribution in [-0.2, 0) is 6.54 Å². The van der Waals surface area contributed by atoms with Crippen molar-refractivity contribution in [3.05, 3.63) is 18.0 Å². The topological polar surface area (TPSA) is 29.9 Å². The van der Waals surface area contributed by atoms with Gasteiger partial charge in [0, 0.05) is 12.7 Å². The Kier molecular flexibility index (Phi) is 3.96. The lowest BCUT2D eigenvalue weighted by atomic mass is 10.1. The highest BCUT2D eigenvalue weighted by Gasteiger charge is 2.01. The average molecular weight is 181 g/mol. The van der Waals surface area contributed by atoms with Crippen LogP contribution in [0.1, 0.15) is 31.7 Å². The lowest BCUT2D eigenvalue weighted by molar-refractivity contribution is 0.561. The van der Waals surface area contributed by atoms with Gasteiger partial charge in [-0.25, -0.2) is 0 Å². The third kappa shape index (κ3) is 3.19. The number of hydrogen-bond donors (Lipinski definition) is 1. The Bertz CT molecular complexity index is 240. The molecular weight excluding hydrogens is 162 g/mol. The number of aromatic nitrogens is 2. The van der Waals surface area contributed by atoms with Crippen molar-refractivity contribution in [1.82, 2.24) is 15.1 Å². The minimum Gasteiger partial charge on any atom is -0.320 e. The van der Waals surface area contributed by atoms with E-state index >= 15 is 0 Å². The molecule has 0 saturated carbocycles. The van der Waals surface area contributed by atoms with Gasteiger partial charge in [0.15, 0.2) is 0 Å². The van der Waals surface area contributed by atoms with Crippen molar-refractivity contribution in [1.29, 1.82) is 0 Å². The SMILES string of the molecule is CNCCCn1cc(C(C)C)cn1. The number of nitrogens with one attached hydrogen (secondary N) is 1. The predicted molar refractivity (Wildman–Crippen MR) is 54.9 cm³/mol. The summed E-state index contributed by atoms with van der Waals surface area (Å²) in [6, 6.07) is 0. The van der Waals surface area contributed by atoms with Gasteiger partial charge in [-0.05, 0) is 31.5 Å². The zero-order valence-electron chi connectivity index (χ0n) is 8.75. The van der Waals surface area contributed by atoms with Gasteiger partial charge in [-0.15, -0.1) is 0 Å². The molecule has 0 fully saturated rings. The van der Waals surface area contributed by atoms with Crippen LogP contribution in [0.2, 0.25) is 0 Å². The van der Waals surface area contributed by atoms with Crippen molar-refractivity contribution in [2.75, 3.05) is 13.6 Å². The van der Waals surface area contributed by atoms with Crippen molar-refractivity contribution in [2.24, 2.45) is 0 Å². The molecule has 0 spiro atoms. The second kappa shape index (κ2) is 5.02. The molecule has 0 amide bonds. The summed E-state index contributed by atoms with van der Waals surface area (Å²) < 4.78 is 2.02. The Morgan fingerprint density at radius 3 is 2.85 bits per heavy atom. The molecule has 74 valence electrons. The van der Waals surface area contributed by atoms with Crippen LogP contribution in [0.15, 0.2) is 12.4 Å². The van der Waals surface area contributed by atoms with Gasteiger partial charge in [-0.3, -0.25) is 4.68 Å². The summed E-state index contributed by atoms with van der Waals surface area (Å²) in [5.74, 6) is 0.582. The van der Waals surface area contributed by atoms with Gasteiger partial charge in [0.05, 0.1) is 6.20 Å². The van der Waals surface area contributed by atoms with Crippen molar-refractivity contribution >= 4 is 0 Å². The zero-order valence-corrected chi connectivity index (χ0v) is 8.75. The number of nitrogens with zero attached hydrogens (tertiary/aromatic N) is 2. The summed E-state index contributed by atoms with van der Waals surface area (Å²) in [5, 5.41) is 7.42. The van der Waals surface area contributed by atoms with Crippen LogP contribution in [0.25, 0.3) is 0 Å². The molecule has 0 atom stereocenters. The molecular formula is C10H19N3. The largest absolute Gasteiger partial charge is 0.320 e. The molecule has 0 aromatic carbocycles. The van der Waals surface area contributed by atoms with Crippen LogP contribution in [0, 0.1) is 0 Å². The molecule has 13 heavy (non-hydrogen) atoms. The Balaban J connectivity index is 2.40. The van der Waals surface area contributed by atoms with E-state index in [0.717, 1.165) is 19.5 Å². The summed E-state index contributed by atoms with van der Waals surface area (Å²) in [4.78, 5) is 0. The number of hydrogen-bond acceptors (Lipinski definition) is 2. The summed E-state index contributed by atoms with van der Waals surface area (Å²) in [6.45, 7) is 6.44. The monoisotopic (exact) mass is 181 g/mol. The first-order chi connectivity index (χ1) is 6.24. The minimum absolute atomic E-state index is 0.582. The lowest BCUT2D eigenvalue weighted by Gasteiger charge is -2.01. The molecule has 1 aromatic heterocycles. The van der Waals surface area contributed by atoms with Gasteiger partial charge in [0.1, 0.15) is 0 Å². The van der Waals surface area contributed by atoms with Crippen molar-refractivity contribution < 1.29 is 0 Å². The van der Waals surface area contributed by atoms with Crippen molar-refractivity contribution in [3.8, 4) is 0 Å². The Hall–Kier alpha value is -0.830. The number of rotatable bonds is 5. The van der Waals surface area contributed by atoms with Gasteiger partial charge in [0.2, 0.25) is 0 Å². The maximum absolute atomic E-state index is 4.30. The normalized spacial score (nSPS) is 11.1.